The van der Waals surface area contributed by atoms with E-state index in [1.165, 1.54) is 76.9 Å². The van der Waals surface area contributed by atoms with Crippen molar-refractivity contribution < 1.29 is 0 Å². The normalized spacial score (nSPS) is 16.1. The number of aromatic amines is 1. The highest BCUT2D eigenvalue weighted by atomic mass is 15.3. The number of nitrogens with zero attached hydrogens (tertiary/aromatic N) is 4. The van der Waals surface area contributed by atoms with Crippen molar-refractivity contribution in [1.82, 2.24) is 24.5 Å². The molecule has 0 aliphatic carbocycles. The number of aromatic nitrogens is 4. The summed E-state index contributed by atoms with van der Waals surface area (Å²) in [7, 11) is 0. The summed E-state index contributed by atoms with van der Waals surface area (Å²) >= 11 is 0. The van der Waals surface area contributed by atoms with Crippen LogP contribution >= 0.6 is 0 Å². The molecule has 1 fully saturated rings. The first-order valence-corrected chi connectivity index (χ1v) is 12.2. The van der Waals surface area contributed by atoms with Crippen LogP contribution in [0.25, 0.3) is 27.8 Å². The second-order valence-electron chi connectivity index (χ2n) is 9.61. The zero-order valence-corrected chi connectivity index (χ0v) is 20.1. The lowest BCUT2D eigenvalue weighted by atomic mass is 9.87. The van der Waals surface area contributed by atoms with E-state index in [0.29, 0.717) is 11.8 Å². The van der Waals surface area contributed by atoms with Crippen LogP contribution < -0.4 is 0 Å². The maximum absolute atomic E-state index is 4.47. The van der Waals surface area contributed by atoms with Gasteiger partial charge in [-0.2, -0.15) is 5.10 Å². The maximum Gasteiger partial charge on any atom is 0.158 e. The summed E-state index contributed by atoms with van der Waals surface area (Å²) in [4.78, 5) is 10.8. The van der Waals surface area contributed by atoms with E-state index >= 15 is 0 Å². The fourth-order valence-corrected chi connectivity index (χ4v) is 5.70. The number of likely N-dealkylation sites (tertiary alicyclic amines) is 1. The van der Waals surface area contributed by atoms with Crippen LogP contribution in [0.1, 0.15) is 74.6 Å². The fraction of sp³-hybridized carbons (Fsp3) is 0.481. The van der Waals surface area contributed by atoms with Gasteiger partial charge >= 0.3 is 0 Å². The van der Waals surface area contributed by atoms with Gasteiger partial charge in [-0.05, 0) is 92.0 Å². The summed E-state index contributed by atoms with van der Waals surface area (Å²) < 4.78 is 1.92. The molecule has 3 aromatic heterocycles. The highest BCUT2D eigenvalue weighted by molar-refractivity contribution is 5.92. The Balaban J connectivity index is 1.65. The van der Waals surface area contributed by atoms with Gasteiger partial charge in [-0.15, -0.1) is 0 Å². The average molecular weight is 430 g/mol. The van der Waals surface area contributed by atoms with E-state index in [0.717, 1.165) is 12.1 Å². The van der Waals surface area contributed by atoms with Crippen LogP contribution in [-0.2, 0) is 6.42 Å². The smallest absolute Gasteiger partial charge is 0.158 e. The first-order valence-electron chi connectivity index (χ1n) is 12.2. The third kappa shape index (κ3) is 3.43. The van der Waals surface area contributed by atoms with Crippen molar-refractivity contribution in [3.8, 4) is 11.3 Å². The zero-order valence-electron chi connectivity index (χ0n) is 20.1. The molecule has 4 aromatic rings. The molecular formula is C27H35N5. The summed E-state index contributed by atoms with van der Waals surface area (Å²) in [5, 5.41) is 5.82. The van der Waals surface area contributed by atoms with Gasteiger partial charge in [-0.1, -0.05) is 33.8 Å². The maximum atomic E-state index is 4.47. The molecule has 0 unspecified atom stereocenters. The van der Waals surface area contributed by atoms with Crippen molar-refractivity contribution >= 4 is 16.6 Å². The highest BCUT2D eigenvalue weighted by Crippen LogP contribution is 2.40. The van der Waals surface area contributed by atoms with E-state index in [1.807, 2.05) is 4.52 Å². The standard InChI is InChI=1S/C27H35N5/c1-6-21-18(5)27-28-16-29-32(27)15-23(21)26-25(17(3)4)22-14-20(8-9-24(22)30-26)19-10-12-31(7-2)13-11-19/h8-9,14-17,19,30H,6-7,10-13H2,1-5H3. The number of nitrogens with one attached hydrogen (secondary N) is 1. The third-order valence-electron chi connectivity index (χ3n) is 7.51. The quantitative estimate of drug-likeness (QED) is 0.419. The minimum absolute atomic E-state index is 0.424. The molecule has 1 N–H and O–H groups in total. The number of hydrogen-bond donors (Lipinski definition) is 1. The molecule has 5 heteroatoms. The molecule has 1 aromatic carbocycles. The molecule has 1 aliphatic heterocycles. The number of hydrogen-bond acceptors (Lipinski definition) is 3. The lowest BCUT2D eigenvalue weighted by Crippen LogP contribution is -2.32. The molecule has 1 aliphatic rings. The second-order valence-corrected chi connectivity index (χ2v) is 9.61. The van der Waals surface area contributed by atoms with Gasteiger partial charge in [0.25, 0.3) is 0 Å². The first-order chi connectivity index (χ1) is 15.5. The topological polar surface area (TPSA) is 49.2 Å². The van der Waals surface area contributed by atoms with Crippen LogP contribution in [0.15, 0.2) is 30.7 Å². The fourth-order valence-electron chi connectivity index (χ4n) is 5.70. The number of piperidine rings is 1. The molecule has 0 amide bonds. The van der Waals surface area contributed by atoms with Crippen LogP contribution in [0.4, 0.5) is 0 Å². The molecular weight excluding hydrogens is 394 g/mol. The monoisotopic (exact) mass is 429 g/mol. The molecule has 0 radical (unpaired) electrons. The minimum Gasteiger partial charge on any atom is -0.354 e. The molecule has 0 spiro atoms. The number of pyridine rings is 1. The van der Waals surface area contributed by atoms with Gasteiger partial charge in [-0.25, -0.2) is 9.50 Å². The predicted molar refractivity (Wildman–Crippen MR) is 133 cm³/mol. The van der Waals surface area contributed by atoms with E-state index in [2.05, 4.69) is 79.0 Å². The molecule has 168 valence electrons. The Kier molecular flexibility index (Phi) is 5.54. The van der Waals surface area contributed by atoms with Gasteiger partial charge in [0.2, 0.25) is 0 Å². The van der Waals surface area contributed by atoms with Gasteiger partial charge in [0, 0.05) is 22.7 Å². The summed E-state index contributed by atoms with van der Waals surface area (Å²) in [6.07, 6.45) is 7.30. The number of benzene rings is 1. The predicted octanol–water partition coefficient (Wildman–Crippen LogP) is 6.07. The Morgan fingerprint density at radius 2 is 1.94 bits per heavy atom. The lowest BCUT2D eigenvalue weighted by Gasteiger charge is -2.31. The van der Waals surface area contributed by atoms with Crippen LogP contribution in [0.5, 0.6) is 0 Å². The largest absolute Gasteiger partial charge is 0.354 e. The minimum atomic E-state index is 0.424. The summed E-state index contributed by atoms with van der Waals surface area (Å²) in [5.74, 6) is 1.09. The molecule has 4 heterocycles. The van der Waals surface area contributed by atoms with E-state index in [9.17, 15) is 0 Å². The molecule has 0 bridgehead atoms. The molecule has 5 rings (SSSR count). The van der Waals surface area contributed by atoms with E-state index in [-0.39, 0.29) is 0 Å². The molecule has 1 saturated heterocycles. The number of H-pyrrole nitrogens is 1. The van der Waals surface area contributed by atoms with E-state index in [4.69, 9.17) is 0 Å². The average Bonchev–Trinajstić information content (AvgIpc) is 3.43. The Bertz CT molecular complexity index is 1250. The van der Waals surface area contributed by atoms with Crippen molar-refractivity contribution in [2.24, 2.45) is 0 Å². The highest BCUT2D eigenvalue weighted by Gasteiger charge is 2.23. The Morgan fingerprint density at radius 1 is 1.16 bits per heavy atom. The van der Waals surface area contributed by atoms with Crippen LogP contribution in [-0.4, -0.2) is 44.1 Å². The molecule has 32 heavy (non-hydrogen) atoms. The zero-order chi connectivity index (χ0) is 22.4. The molecule has 0 saturated carbocycles. The SMILES string of the molecule is CCc1c(-c2[nH]c3ccc(C4CCN(CC)CC4)cc3c2C(C)C)cn2ncnc2c1C. The Hall–Kier alpha value is -2.66. The van der Waals surface area contributed by atoms with Crippen molar-refractivity contribution in [3.63, 3.8) is 0 Å². The molecule has 5 nitrogen and oxygen atoms in total. The summed E-state index contributed by atoms with van der Waals surface area (Å²) in [5.41, 5.74) is 10.2. The van der Waals surface area contributed by atoms with Crippen molar-refractivity contribution in [2.75, 3.05) is 19.6 Å². The lowest BCUT2D eigenvalue weighted by molar-refractivity contribution is 0.222. The molecule has 0 atom stereocenters. The van der Waals surface area contributed by atoms with Gasteiger partial charge in [-0.3, -0.25) is 0 Å². The summed E-state index contributed by atoms with van der Waals surface area (Å²) in [6, 6.07) is 7.13. The van der Waals surface area contributed by atoms with Crippen LogP contribution in [0.3, 0.4) is 0 Å². The first kappa shape index (κ1) is 21.2. The van der Waals surface area contributed by atoms with E-state index < -0.39 is 0 Å². The number of aryl methyl sites for hydroxylation is 1. The Labute approximate surface area is 190 Å². The van der Waals surface area contributed by atoms with Crippen LogP contribution in [0.2, 0.25) is 0 Å². The van der Waals surface area contributed by atoms with Crippen molar-refractivity contribution in [3.05, 3.63) is 53.0 Å². The third-order valence-corrected chi connectivity index (χ3v) is 7.51. The summed E-state index contributed by atoms with van der Waals surface area (Å²) in [6.45, 7) is 14.9. The number of fused-ring (bicyclic) bond motifs is 2. The van der Waals surface area contributed by atoms with Gasteiger partial charge < -0.3 is 9.88 Å². The van der Waals surface area contributed by atoms with E-state index in [1.54, 1.807) is 6.33 Å². The van der Waals surface area contributed by atoms with Gasteiger partial charge in [0.05, 0.1) is 5.69 Å². The van der Waals surface area contributed by atoms with Crippen molar-refractivity contribution in [1.29, 1.82) is 0 Å². The second kappa shape index (κ2) is 8.36. The number of rotatable bonds is 5. The van der Waals surface area contributed by atoms with Gasteiger partial charge in [0.15, 0.2) is 5.65 Å². The van der Waals surface area contributed by atoms with Crippen molar-refractivity contribution in [2.45, 2.75) is 65.7 Å². The Morgan fingerprint density at radius 3 is 2.62 bits per heavy atom. The van der Waals surface area contributed by atoms with Gasteiger partial charge in [0.1, 0.15) is 6.33 Å². The van der Waals surface area contributed by atoms with Crippen LogP contribution in [0, 0.1) is 6.92 Å².